The number of halogens is 2. The molecule has 0 saturated carbocycles. The molecule has 1 heterocycles. The van der Waals surface area contributed by atoms with Crippen molar-refractivity contribution in [3.63, 3.8) is 0 Å². The molecule has 0 aliphatic carbocycles. The van der Waals surface area contributed by atoms with Gasteiger partial charge in [-0.15, -0.1) is 0 Å². The number of hydrogen-bond donors (Lipinski definition) is 1. The van der Waals surface area contributed by atoms with E-state index in [1.807, 2.05) is 19.1 Å². The number of pyridine rings is 1. The fourth-order valence-corrected chi connectivity index (χ4v) is 3.69. The molecule has 156 valence electrons. The molecule has 2 amide bonds. The molecule has 0 atom stereocenters. The topological polar surface area (TPSA) is 71.4 Å². The van der Waals surface area contributed by atoms with Crippen LogP contribution in [0.25, 0.3) is 10.9 Å². The van der Waals surface area contributed by atoms with Crippen molar-refractivity contribution in [3.8, 4) is 0 Å². The molecule has 6 nitrogen and oxygen atoms in total. The molecule has 8 heteroatoms. The Morgan fingerprint density at radius 2 is 1.83 bits per heavy atom. The maximum Gasteiger partial charge on any atom is 0.255 e. The van der Waals surface area contributed by atoms with Crippen molar-refractivity contribution in [2.24, 2.45) is 7.05 Å². The van der Waals surface area contributed by atoms with E-state index >= 15 is 0 Å². The highest BCUT2D eigenvalue weighted by Crippen LogP contribution is 2.25. The first-order valence-electron chi connectivity index (χ1n) is 9.44. The van der Waals surface area contributed by atoms with Gasteiger partial charge in [0.05, 0.1) is 21.8 Å². The standard InChI is InChI=1S/C22H21Cl2N3O3/c1-3-10-27(13-20(28)25-18-9-8-14(23)11-17(18)24)22(30)16-12-21(29)26(2)19-7-5-4-6-15(16)19/h4-9,11-12H,3,10,13H2,1-2H3,(H,25,28). The third kappa shape index (κ3) is 4.66. The zero-order valence-electron chi connectivity index (χ0n) is 16.6. The maximum absolute atomic E-state index is 13.3. The monoisotopic (exact) mass is 445 g/mol. The minimum atomic E-state index is -0.394. The number of carbonyl (C=O) groups excluding carboxylic acids is 2. The quantitative estimate of drug-likeness (QED) is 0.613. The molecular weight excluding hydrogens is 425 g/mol. The van der Waals surface area contributed by atoms with Gasteiger partial charge in [0.1, 0.15) is 6.54 Å². The minimum Gasteiger partial charge on any atom is -0.329 e. The predicted octanol–water partition coefficient (Wildman–Crippen LogP) is 4.34. The van der Waals surface area contributed by atoms with Gasteiger partial charge in [0, 0.05) is 30.1 Å². The van der Waals surface area contributed by atoms with E-state index in [2.05, 4.69) is 5.32 Å². The lowest BCUT2D eigenvalue weighted by atomic mass is 10.1. The number of anilines is 1. The van der Waals surface area contributed by atoms with Crippen molar-refractivity contribution in [3.05, 3.63) is 74.5 Å². The number of aromatic nitrogens is 1. The Balaban J connectivity index is 1.88. The number of fused-ring (bicyclic) bond motifs is 1. The number of nitrogens with zero attached hydrogens (tertiary/aromatic N) is 2. The number of rotatable bonds is 6. The first-order valence-corrected chi connectivity index (χ1v) is 10.2. The van der Waals surface area contributed by atoms with Crippen LogP contribution in [0.3, 0.4) is 0 Å². The molecule has 0 saturated heterocycles. The summed E-state index contributed by atoms with van der Waals surface area (Å²) in [4.78, 5) is 39.6. The van der Waals surface area contributed by atoms with Gasteiger partial charge in [0.25, 0.3) is 11.5 Å². The van der Waals surface area contributed by atoms with Gasteiger partial charge in [-0.25, -0.2) is 0 Å². The van der Waals surface area contributed by atoms with Crippen LogP contribution in [0.15, 0.2) is 53.3 Å². The second-order valence-electron chi connectivity index (χ2n) is 6.87. The Morgan fingerprint density at radius 3 is 2.53 bits per heavy atom. The third-order valence-corrected chi connectivity index (χ3v) is 5.25. The van der Waals surface area contributed by atoms with Crippen LogP contribution >= 0.6 is 23.2 Å². The molecule has 30 heavy (non-hydrogen) atoms. The second-order valence-corrected chi connectivity index (χ2v) is 7.72. The summed E-state index contributed by atoms with van der Waals surface area (Å²) in [6, 6.07) is 13.3. The highest BCUT2D eigenvalue weighted by Gasteiger charge is 2.22. The van der Waals surface area contributed by atoms with Crippen molar-refractivity contribution >= 4 is 51.6 Å². The average Bonchev–Trinajstić information content (AvgIpc) is 2.72. The van der Waals surface area contributed by atoms with Gasteiger partial charge in [-0.2, -0.15) is 0 Å². The summed E-state index contributed by atoms with van der Waals surface area (Å²) in [5.41, 5.74) is 1.06. The van der Waals surface area contributed by atoms with Crippen LogP contribution < -0.4 is 10.9 Å². The number of carbonyl (C=O) groups is 2. The van der Waals surface area contributed by atoms with Gasteiger partial charge in [-0.1, -0.05) is 48.3 Å². The second kappa shape index (κ2) is 9.32. The van der Waals surface area contributed by atoms with Gasteiger partial charge >= 0.3 is 0 Å². The molecule has 0 aliphatic heterocycles. The normalized spacial score (nSPS) is 10.8. The van der Waals surface area contributed by atoms with Gasteiger partial charge in [-0.3, -0.25) is 14.4 Å². The zero-order valence-corrected chi connectivity index (χ0v) is 18.1. The molecule has 0 spiro atoms. The highest BCUT2D eigenvalue weighted by molar-refractivity contribution is 6.36. The van der Waals surface area contributed by atoms with Gasteiger partial charge in [0.2, 0.25) is 5.91 Å². The van der Waals surface area contributed by atoms with E-state index in [0.717, 1.165) is 0 Å². The molecule has 3 aromatic rings. The Bertz CT molecular complexity index is 1170. The van der Waals surface area contributed by atoms with Crippen LogP contribution in [0.1, 0.15) is 23.7 Å². The lowest BCUT2D eigenvalue weighted by Crippen LogP contribution is -2.39. The predicted molar refractivity (Wildman–Crippen MR) is 120 cm³/mol. The Morgan fingerprint density at radius 1 is 1.10 bits per heavy atom. The molecule has 0 aliphatic rings. The average molecular weight is 446 g/mol. The lowest BCUT2D eigenvalue weighted by Gasteiger charge is -2.23. The molecule has 0 radical (unpaired) electrons. The van der Waals surface area contributed by atoms with Gasteiger partial charge in [-0.05, 0) is 30.7 Å². The third-order valence-electron chi connectivity index (χ3n) is 4.70. The van der Waals surface area contributed by atoms with Crippen molar-refractivity contribution in [2.75, 3.05) is 18.4 Å². The van der Waals surface area contributed by atoms with Gasteiger partial charge < -0.3 is 14.8 Å². The summed E-state index contributed by atoms with van der Waals surface area (Å²) >= 11 is 12.0. The van der Waals surface area contributed by atoms with Crippen LogP contribution in [-0.4, -0.2) is 34.4 Å². The van der Waals surface area contributed by atoms with Crippen LogP contribution in [0.5, 0.6) is 0 Å². The number of para-hydroxylation sites is 1. The number of amides is 2. The number of hydrogen-bond acceptors (Lipinski definition) is 3. The molecule has 1 aromatic heterocycles. The Labute approximate surface area is 184 Å². The van der Waals surface area contributed by atoms with Crippen molar-refractivity contribution in [2.45, 2.75) is 13.3 Å². The Kier molecular flexibility index (Phi) is 6.80. The van der Waals surface area contributed by atoms with Crippen LogP contribution in [0.4, 0.5) is 5.69 Å². The fraction of sp³-hybridized carbons (Fsp3) is 0.227. The number of nitrogens with one attached hydrogen (secondary N) is 1. The van der Waals surface area contributed by atoms with E-state index in [9.17, 15) is 14.4 Å². The van der Waals surface area contributed by atoms with Gasteiger partial charge in [0.15, 0.2) is 0 Å². The minimum absolute atomic E-state index is 0.171. The van der Waals surface area contributed by atoms with Crippen LogP contribution in [0, 0.1) is 0 Å². The molecule has 2 aromatic carbocycles. The van der Waals surface area contributed by atoms with E-state index < -0.39 is 5.91 Å². The summed E-state index contributed by atoms with van der Waals surface area (Å²) in [5, 5.41) is 4.12. The smallest absolute Gasteiger partial charge is 0.255 e. The lowest BCUT2D eigenvalue weighted by molar-refractivity contribution is -0.116. The van der Waals surface area contributed by atoms with Crippen molar-refractivity contribution in [1.82, 2.24) is 9.47 Å². The van der Waals surface area contributed by atoms with Crippen molar-refractivity contribution in [1.29, 1.82) is 0 Å². The molecular formula is C22H21Cl2N3O3. The molecule has 0 fully saturated rings. The van der Waals surface area contributed by atoms with Crippen molar-refractivity contribution < 1.29 is 9.59 Å². The zero-order chi connectivity index (χ0) is 21.8. The maximum atomic E-state index is 13.3. The SMILES string of the molecule is CCCN(CC(=O)Nc1ccc(Cl)cc1Cl)C(=O)c1cc(=O)n(C)c2ccccc12. The molecule has 1 N–H and O–H groups in total. The van der Waals surface area contributed by atoms with E-state index in [4.69, 9.17) is 23.2 Å². The summed E-state index contributed by atoms with van der Waals surface area (Å²) < 4.78 is 1.49. The summed E-state index contributed by atoms with van der Waals surface area (Å²) in [6.45, 7) is 2.11. The van der Waals surface area contributed by atoms with E-state index in [-0.39, 0.29) is 23.6 Å². The molecule has 0 unspecified atom stereocenters. The highest BCUT2D eigenvalue weighted by atomic mass is 35.5. The first-order chi connectivity index (χ1) is 14.3. The first kappa shape index (κ1) is 21.9. The fourth-order valence-electron chi connectivity index (χ4n) is 3.23. The van der Waals surface area contributed by atoms with E-state index in [1.54, 1.807) is 31.3 Å². The van der Waals surface area contributed by atoms with E-state index in [1.165, 1.54) is 21.6 Å². The molecule has 3 rings (SSSR count). The Hall–Kier alpha value is -2.83. The molecule has 0 bridgehead atoms. The van der Waals surface area contributed by atoms with Crippen LogP contribution in [0.2, 0.25) is 10.0 Å². The largest absolute Gasteiger partial charge is 0.329 e. The summed E-state index contributed by atoms with van der Waals surface area (Å²) in [6.07, 6.45) is 0.656. The summed E-state index contributed by atoms with van der Waals surface area (Å²) in [7, 11) is 1.66. The van der Waals surface area contributed by atoms with E-state index in [0.29, 0.717) is 39.6 Å². The number of benzene rings is 2. The summed E-state index contributed by atoms with van der Waals surface area (Å²) in [5.74, 6) is -0.766. The number of aryl methyl sites for hydroxylation is 1. The van der Waals surface area contributed by atoms with Crippen LogP contribution in [-0.2, 0) is 11.8 Å².